The summed E-state index contributed by atoms with van der Waals surface area (Å²) in [5.41, 5.74) is 6.84. The van der Waals surface area contributed by atoms with E-state index >= 15 is 0 Å². The first-order valence-electron chi connectivity index (χ1n) is 8.75. The fourth-order valence-corrected chi connectivity index (χ4v) is 5.37. The van der Waals surface area contributed by atoms with E-state index in [2.05, 4.69) is 38.1 Å². The van der Waals surface area contributed by atoms with Gasteiger partial charge in [-0.25, -0.2) is 0 Å². The molecule has 0 aliphatic rings. The highest BCUT2D eigenvalue weighted by atomic mass is 28.4. The minimum absolute atomic E-state index is 0.322. The molecule has 4 nitrogen and oxygen atoms in total. The largest absolute Gasteiger partial charge is 0.501 e. The second-order valence-electron chi connectivity index (χ2n) is 5.98. The van der Waals surface area contributed by atoms with Crippen LogP contribution in [0.3, 0.4) is 0 Å². The Labute approximate surface area is 142 Å². The van der Waals surface area contributed by atoms with E-state index in [1.165, 1.54) is 5.56 Å². The van der Waals surface area contributed by atoms with Crippen molar-refractivity contribution < 1.29 is 13.3 Å². The molecule has 0 aromatic heterocycles. The summed E-state index contributed by atoms with van der Waals surface area (Å²) in [7, 11) is -2.64. The molecule has 0 bridgehead atoms. The standard InChI is InChI=1S/C18H33NO3Si/c1-5-20-23(7-3,21-6-2)22-18(4,15-16-19)14-13-17-11-9-8-10-12-17/h8-12H,5-7,13-16,19H2,1-4H3. The number of rotatable bonds is 12. The van der Waals surface area contributed by atoms with E-state index in [9.17, 15) is 0 Å². The zero-order valence-corrected chi connectivity index (χ0v) is 16.1. The third-order valence-corrected chi connectivity index (χ3v) is 7.15. The molecule has 0 aliphatic carbocycles. The Morgan fingerprint density at radius 2 is 1.61 bits per heavy atom. The summed E-state index contributed by atoms with van der Waals surface area (Å²) in [6.07, 6.45) is 2.67. The molecule has 0 saturated carbocycles. The van der Waals surface area contributed by atoms with Crippen molar-refractivity contribution in [1.29, 1.82) is 0 Å². The molecule has 2 N–H and O–H groups in total. The summed E-state index contributed by atoms with van der Waals surface area (Å²) < 4.78 is 18.5. The van der Waals surface area contributed by atoms with Gasteiger partial charge < -0.3 is 19.0 Å². The lowest BCUT2D eigenvalue weighted by atomic mass is 9.94. The highest BCUT2D eigenvalue weighted by molar-refractivity contribution is 6.60. The second-order valence-corrected chi connectivity index (χ2v) is 8.83. The molecule has 1 aromatic carbocycles. The Morgan fingerprint density at radius 1 is 1.00 bits per heavy atom. The average molecular weight is 340 g/mol. The van der Waals surface area contributed by atoms with Crippen LogP contribution in [0.15, 0.2) is 30.3 Å². The predicted octanol–water partition coefficient (Wildman–Crippen LogP) is 3.78. The van der Waals surface area contributed by atoms with Crippen LogP contribution in [-0.4, -0.2) is 34.2 Å². The molecule has 0 radical (unpaired) electrons. The Hall–Kier alpha value is -0.723. The van der Waals surface area contributed by atoms with Gasteiger partial charge in [0.25, 0.3) is 0 Å². The van der Waals surface area contributed by atoms with Crippen molar-refractivity contribution in [3.63, 3.8) is 0 Å². The number of aryl methyl sites for hydroxylation is 1. The number of hydrogen-bond acceptors (Lipinski definition) is 4. The van der Waals surface area contributed by atoms with E-state index in [-0.39, 0.29) is 5.60 Å². The van der Waals surface area contributed by atoms with Gasteiger partial charge in [-0.05, 0) is 52.1 Å². The van der Waals surface area contributed by atoms with Crippen LogP contribution in [0.1, 0.15) is 46.1 Å². The number of nitrogens with two attached hydrogens (primary N) is 1. The molecule has 0 fully saturated rings. The molecule has 0 saturated heterocycles. The van der Waals surface area contributed by atoms with Crippen molar-refractivity contribution in [2.45, 2.75) is 58.6 Å². The molecule has 1 rings (SSSR count). The summed E-state index contributed by atoms with van der Waals surface area (Å²) in [5, 5.41) is 0. The molecular weight excluding hydrogens is 306 g/mol. The van der Waals surface area contributed by atoms with E-state index < -0.39 is 8.80 Å². The fourth-order valence-electron chi connectivity index (χ4n) is 2.78. The highest BCUT2D eigenvalue weighted by Crippen LogP contribution is 2.29. The van der Waals surface area contributed by atoms with Crippen LogP contribution in [0, 0.1) is 0 Å². The Morgan fingerprint density at radius 3 is 2.09 bits per heavy atom. The summed E-state index contributed by atoms with van der Waals surface area (Å²) in [6, 6.07) is 11.3. The molecule has 0 aliphatic heterocycles. The van der Waals surface area contributed by atoms with Gasteiger partial charge in [-0.3, -0.25) is 0 Å². The van der Waals surface area contributed by atoms with Crippen LogP contribution < -0.4 is 5.73 Å². The summed E-state index contributed by atoms with van der Waals surface area (Å²) in [6.45, 7) is 10.0. The van der Waals surface area contributed by atoms with Crippen LogP contribution >= 0.6 is 0 Å². The van der Waals surface area contributed by atoms with Crippen LogP contribution in [0.25, 0.3) is 0 Å². The maximum atomic E-state index is 6.53. The minimum atomic E-state index is -2.64. The average Bonchev–Trinajstić information content (AvgIpc) is 2.55. The van der Waals surface area contributed by atoms with E-state index in [4.69, 9.17) is 19.0 Å². The van der Waals surface area contributed by atoms with Gasteiger partial charge in [0.1, 0.15) is 0 Å². The van der Waals surface area contributed by atoms with Crippen molar-refractivity contribution in [1.82, 2.24) is 0 Å². The Balaban J connectivity index is 2.83. The van der Waals surface area contributed by atoms with Gasteiger partial charge in [-0.2, -0.15) is 0 Å². The van der Waals surface area contributed by atoms with E-state index in [0.29, 0.717) is 19.8 Å². The van der Waals surface area contributed by atoms with Crippen LogP contribution in [0.5, 0.6) is 0 Å². The van der Waals surface area contributed by atoms with Gasteiger partial charge in [-0.1, -0.05) is 37.3 Å². The lowest BCUT2D eigenvalue weighted by molar-refractivity contribution is -0.0271. The normalized spacial score (nSPS) is 14.7. The van der Waals surface area contributed by atoms with Gasteiger partial charge in [0.2, 0.25) is 0 Å². The van der Waals surface area contributed by atoms with Gasteiger partial charge in [-0.15, -0.1) is 0 Å². The maximum absolute atomic E-state index is 6.53. The molecule has 1 aromatic rings. The van der Waals surface area contributed by atoms with E-state index in [0.717, 1.165) is 25.3 Å². The van der Waals surface area contributed by atoms with Crippen molar-refractivity contribution in [3.05, 3.63) is 35.9 Å². The minimum Gasteiger partial charge on any atom is -0.374 e. The summed E-state index contributed by atoms with van der Waals surface area (Å²) in [4.78, 5) is 0. The molecule has 1 unspecified atom stereocenters. The van der Waals surface area contributed by atoms with Gasteiger partial charge >= 0.3 is 8.80 Å². The fraction of sp³-hybridized carbons (Fsp3) is 0.667. The van der Waals surface area contributed by atoms with Gasteiger partial charge in [0.15, 0.2) is 0 Å². The number of hydrogen-bond donors (Lipinski definition) is 1. The van der Waals surface area contributed by atoms with Crippen LogP contribution in [-0.2, 0) is 19.7 Å². The van der Waals surface area contributed by atoms with Gasteiger partial charge in [0.05, 0.1) is 5.60 Å². The zero-order chi connectivity index (χ0) is 17.2. The maximum Gasteiger partial charge on any atom is 0.501 e. The molecular formula is C18H33NO3Si. The summed E-state index contributed by atoms with van der Waals surface area (Å²) in [5.74, 6) is 0. The second kappa shape index (κ2) is 10.2. The zero-order valence-electron chi connectivity index (χ0n) is 15.1. The summed E-state index contributed by atoms with van der Waals surface area (Å²) >= 11 is 0. The smallest absolute Gasteiger partial charge is 0.374 e. The Kier molecular flexibility index (Phi) is 9.02. The third-order valence-electron chi connectivity index (χ3n) is 4.02. The molecule has 23 heavy (non-hydrogen) atoms. The van der Waals surface area contributed by atoms with E-state index in [1.54, 1.807) is 0 Å². The highest BCUT2D eigenvalue weighted by Gasteiger charge is 2.44. The van der Waals surface area contributed by atoms with E-state index in [1.807, 2.05) is 19.9 Å². The van der Waals surface area contributed by atoms with Crippen molar-refractivity contribution >= 4 is 8.80 Å². The Bertz CT molecular complexity index is 424. The lowest BCUT2D eigenvalue weighted by Gasteiger charge is -2.39. The lowest BCUT2D eigenvalue weighted by Crippen LogP contribution is -2.52. The predicted molar refractivity (Wildman–Crippen MR) is 97.4 cm³/mol. The van der Waals surface area contributed by atoms with Crippen LogP contribution in [0.2, 0.25) is 6.04 Å². The topological polar surface area (TPSA) is 53.7 Å². The third kappa shape index (κ3) is 6.73. The quantitative estimate of drug-likeness (QED) is 0.589. The SMILES string of the molecule is CCO[Si](CC)(OCC)OC(C)(CCN)CCc1ccccc1. The first kappa shape index (κ1) is 20.3. The number of benzene rings is 1. The van der Waals surface area contributed by atoms with Crippen LogP contribution in [0.4, 0.5) is 0 Å². The molecule has 1 atom stereocenters. The van der Waals surface area contributed by atoms with Gasteiger partial charge in [0, 0.05) is 19.3 Å². The van der Waals surface area contributed by atoms with Crippen molar-refractivity contribution in [2.75, 3.05) is 19.8 Å². The molecule has 5 heteroatoms. The first-order valence-corrected chi connectivity index (χ1v) is 10.7. The monoisotopic (exact) mass is 339 g/mol. The van der Waals surface area contributed by atoms with Crippen molar-refractivity contribution in [3.8, 4) is 0 Å². The van der Waals surface area contributed by atoms with Crippen molar-refractivity contribution in [2.24, 2.45) is 5.73 Å². The first-order chi connectivity index (χ1) is 11.0. The molecule has 0 heterocycles. The molecule has 0 spiro atoms. The molecule has 132 valence electrons. The molecule has 0 amide bonds.